The van der Waals surface area contributed by atoms with Crippen LogP contribution < -0.4 is 4.74 Å². The standard InChI is InChI=1S/C20H23Cl2NO/c1-4-23(5-2)12-16-10-14-8-13(3)9-18(20(14)24-16)17-7-6-15(21)11-19(17)22/h6-9,11,16H,4-5,10,12H2,1-3H3. The number of halogens is 2. The molecule has 3 rings (SSSR count). The summed E-state index contributed by atoms with van der Waals surface area (Å²) in [4.78, 5) is 2.40. The minimum Gasteiger partial charge on any atom is -0.488 e. The van der Waals surface area contributed by atoms with Crippen molar-refractivity contribution in [2.45, 2.75) is 33.3 Å². The van der Waals surface area contributed by atoms with E-state index >= 15 is 0 Å². The minimum absolute atomic E-state index is 0.200. The van der Waals surface area contributed by atoms with Gasteiger partial charge in [0.1, 0.15) is 11.9 Å². The van der Waals surface area contributed by atoms with Crippen molar-refractivity contribution < 1.29 is 4.74 Å². The first-order valence-electron chi connectivity index (χ1n) is 8.49. The largest absolute Gasteiger partial charge is 0.488 e. The van der Waals surface area contributed by atoms with Crippen LogP contribution in [-0.4, -0.2) is 30.6 Å². The fourth-order valence-corrected chi connectivity index (χ4v) is 3.88. The molecule has 0 N–H and O–H groups in total. The van der Waals surface area contributed by atoms with Crippen molar-refractivity contribution in [2.24, 2.45) is 0 Å². The molecular weight excluding hydrogens is 341 g/mol. The van der Waals surface area contributed by atoms with Gasteiger partial charge in [-0.25, -0.2) is 0 Å². The molecule has 128 valence electrons. The molecule has 2 nitrogen and oxygen atoms in total. The zero-order valence-corrected chi connectivity index (χ0v) is 15.9. The zero-order valence-electron chi connectivity index (χ0n) is 14.4. The number of likely N-dealkylation sites (N-methyl/N-ethyl adjacent to an activating group) is 1. The van der Waals surface area contributed by atoms with Gasteiger partial charge in [-0.15, -0.1) is 0 Å². The summed E-state index contributed by atoms with van der Waals surface area (Å²) in [6.45, 7) is 9.53. The topological polar surface area (TPSA) is 12.5 Å². The van der Waals surface area contributed by atoms with Crippen LogP contribution in [0, 0.1) is 6.92 Å². The predicted molar refractivity (Wildman–Crippen MR) is 103 cm³/mol. The molecule has 0 spiro atoms. The molecule has 0 aromatic heterocycles. The van der Waals surface area contributed by atoms with Crippen molar-refractivity contribution >= 4 is 23.2 Å². The molecule has 2 aromatic carbocycles. The molecule has 1 aliphatic heterocycles. The summed E-state index contributed by atoms with van der Waals surface area (Å²) < 4.78 is 6.33. The average molecular weight is 364 g/mol. The molecule has 0 radical (unpaired) electrons. The number of ether oxygens (including phenoxy) is 1. The van der Waals surface area contributed by atoms with Crippen molar-refractivity contribution in [1.82, 2.24) is 4.90 Å². The van der Waals surface area contributed by atoms with Crippen molar-refractivity contribution in [1.29, 1.82) is 0 Å². The predicted octanol–water partition coefficient (Wildman–Crippen LogP) is 5.61. The van der Waals surface area contributed by atoms with E-state index in [2.05, 4.69) is 37.8 Å². The van der Waals surface area contributed by atoms with Gasteiger partial charge in [-0.1, -0.05) is 49.2 Å². The highest BCUT2D eigenvalue weighted by Crippen LogP contribution is 2.42. The van der Waals surface area contributed by atoms with E-state index in [4.69, 9.17) is 27.9 Å². The average Bonchev–Trinajstić information content (AvgIpc) is 2.94. The number of hydrogen-bond acceptors (Lipinski definition) is 2. The third-order valence-electron chi connectivity index (χ3n) is 4.62. The highest BCUT2D eigenvalue weighted by Gasteiger charge is 2.28. The second-order valence-corrected chi connectivity index (χ2v) is 7.20. The van der Waals surface area contributed by atoms with Crippen molar-refractivity contribution in [3.8, 4) is 16.9 Å². The van der Waals surface area contributed by atoms with Gasteiger partial charge in [0.25, 0.3) is 0 Å². The van der Waals surface area contributed by atoms with E-state index in [1.165, 1.54) is 11.1 Å². The molecular formula is C20H23Cl2NO. The van der Waals surface area contributed by atoms with Crippen LogP contribution in [0.25, 0.3) is 11.1 Å². The van der Waals surface area contributed by atoms with Gasteiger partial charge in [0.15, 0.2) is 0 Å². The number of nitrogens with zero attached hydrogens (tertiary/aromatic N) is 1. The van der Waals surface area contributed by atoms with Gasteiger partial charge in [-0.05, 0) is 49.3 Å². The van der Waals surface area contributed by atoms with Crippen LogP contribution in [0.15, 0.2) is 30.3 Å². The Balaban J connectivity index is 1.95. The maximum Gasteiger partial charge on any atom is 0.131 e. The quantitative estimate of drug-likeness (QED) is 0.683. The van der Waals surface area contributed by atoms with Crippen LogP contribution in [0.4, 0.5) is 0 Å². The normalized spacial score (nSPS) is 16.3. The lowest BCUT2D eigenvalue weighted by atomic mass is 9.97. The Morgan fingerprint density at radius 1 is 1.08 bits per heavy atom. The van der Waals surface area contributed by atoms with Crippen LogP contribution >= 0.6 is 23.2 Å². The lowest BCUT2D eigenvalue weighted by Gasteiger charge is -2.22. The van der Waals surface area contributed by atoms with E-state index in [1.807, 2.05) is 12.1 Å². The molecule has 2 aromatic rings. The SMILES string of the molecule is CCN(CC)CC1Cc2cc(C)cc(-c3ccc(Cl)cc3Cl)c2O1. The maximum atomic E-state index is 6.44. The number of hydrogen-bond donors (Lipinski definition) is 0. The Morgan fingerprint density at radius 3 is 2.50 bits per heavy atom. The van der Waals surface area contributed by atoms with Crippen LogP contribution in [0.2, 0.25) is 10.0 Å². The Hall–Kier alpha value is -1.22. The number of rotatable bonds is 5. The molecule has 0 fully saturated rings. The van der Waals surface area contributed by atoms with E-state index in [1.54, 1.807) is 6.07 Å². The monoisotopic (exact) mass is 363 g/mol. The van der Waals surface area contributed by atoms with E-state index in [9.17, 15) is 0 Å². The molecule has 0 saturated heterocycles. The van der Waals surface area contributed by atoms with Gasteiger partial charge < -0.3 is 9.64 Å². The van der Waals surface area contributed by atoms with Crippen molar-refractivity contribution in [2.75, 3.05) is 19.6 Å². The van der Waals surface area contributed by atoms with Gasteiger partial charge in [-0.3, -0.25) is 0 Å². The first-order chi connectivity index (χ1) is 11.5. The highest BCUT2D eigenvalue weighted by atomic mass is 35.5. The summed E-state index contributed by atoms with van der Waals surface area (Å²) >= 11 is 12.5. The van der Waals surface area contributed by atoms with Crippen LogP contribution in [-0.2, 0) is 6.42 Å². The summed E-state index contributed by atoms with van der Waals surface area (Å²) in [6.07, 6.45) is 1.15. The summed E-state index contributed by atoms with van der Waals surface area (Å²) in [5, 5.41) is 1.31. The lowest BCUT2D eigenvalue weighted by molar-refractivity contribution is 0.159. The number of benzene rings is 2. The fourth-order valence-electron chi connectivity index (χ4n) is 3.37. The van der Waals surface area contributed by atoms with E-state index in [0.29, 0.717) is 10.0 Å². The van der Waals surface area contributed by atoms with Gasteiger partial charge in [-0.2, -0.15) is 0 Å². The smallest absolute Gasteiger partial charge is 0.131 e. The first-order valence-corrected chi connectivity index (χ1v) is 9.25. The van der Waals surface area contributed by atoms with Gasteiger partial charge in [0.2, 0.25) is 0 Å². The van der Waals surface area contributed by atoms with Gasteiger partial charge >= 0.3 is 0 Å². The summed E-state index contributed by atoms with van der Waals surface area (Å²) in [5.74, 6) is 0.974. The highest BCUT2D eigenvalue weighted by molar-refractivity contribution is 6.36. The fraction of sp³-hybridized carbons (Fsp3) is 0.400. The molecule has 24 heavy (non-hydrogen) atoms. The first kappa shape index (κ1) is 17.6. The molecule has 1 aliphatic rings. The van der Waals surface area contributed by atoms with E-state index < -0.39 is 0 Å². The third-order valence-corrected chi connectivity index (χ3v) is 5.17. The number of fused-ring (bicyclic) bond motifs is 1. The second-order valence-electron chi connectivity index (χ2n) is 6.35. The van der Waals surface area contributed by atoms with Crippen LogP contribution in [0.5, 0.6) is 5.75 Å². The van der Waals surface area contributed by atoms with Crippen molar-refractivity contribution in [3.05, 3.63) is 51.5 Å². The molecule has 0 bridgehead atoms. The minimum atomic E-state index is 0.200. The second kappa shape index (κ2) is 7.35. The van der Waals surface area contributed by atoms with Crippen molar-refractivity contribution in [3.63, 3.8) is 0 Å². The molecule has 1 unspecified atom stereocenters. The van der Waals surface area contributed by atoms with Crippen LogP contribution in [0.3, 0.4) is 0 Å². The number of aryl methyl sites for hydroxylation is 1. The molecule has 0 aliphatic carbocycles. The Kier molecular flexibility index (Phi) is 5.39. The molecule has 0 saturated carbocycles. The molecule has 4 heteroatoms. The van der Waals surface area contributed by atoms with Gasteiger partial charge in [0, 0.05) is 29.1 Å². The molecule has 1 heterocycles. The van der Waals surface area contributed by atoms with E-state index in [-0.39, 0.29) is 6.10 Å². The summed E-state index contributed by atoms with van der Waals surface area (Å²) in [7, 11) is 0. The molecule has 1 atom stereocenters. The van der Waals surface area contributed by atoms with E-state index in [0.717, 1.165) is 42.9 Å². The summed E-state index contributed by atoms with van der Waals surface area (Å²) in [5.41, 5.74) is 4.54. The van der Waals surface area contributed by atoms with Gasteiger partial charge in [0.05, 0.1) is 5.02 Å². The summed E-state index contributed by atoms with van der Waals surface area (Å²) in [6, 6.07) is 10.0. The lowest BCUT2D eigenvalue weighted by Crippen LogP contribution is -2.34. The Morgan fingerprint density at radius 2 is 1.83 bits per heavy atom. The third kappa shape index (κ3) is 3.56. The zero-order chi connectivity index (χ0) is 17.3. The Bertz CT molecular complexity index is 741. The Labute approximate surface area is 154 Å². The molecule has 0 amide bonds. The van der Waals surface area contributed by atoms with Crippen LogP contribution in [0.1, 0.15) is 25.0 Å². The maximum absolute atomic E-state index is 6.44.